The molecule has 0 bridgehead atoms. The highest BCUT2D eigenvalue weighted by atomic mass is 16.3. The first-order valence-corrected chi connectivity index (χ1v) is 7.13. The Hall–Kier alpha value is -2.53. The van der Waals surface area contributed by atoms with E-state index >= 15 is 0 Å². The van der Waals surface area contributed by atoms with Gasteiger partial charge in [0.2, 0.25) is 0 Å². The highest BCUT2D eigenvalue weighted by Crippen LogP contribution is 2.32. The summed E-state index contributed by atoms with van der Waals surface area (Å²) >= 11 is 0. The maximum atomic E-state index is 9.97. The number of hydrogen-bond acceptors (Lipinski definition) is 4. The second kappa shape index (κ2) is 6.49. The van der Waals surface area contributed by atoms with E-state index in [0.717, 1.165) is 11.3 Å². The number of rotatable bonds is 4. The molecule has 0 atom stereocenters. The molecule has 2 aromatic carbocycles. The van der Waals surface area contributed by atoms with Gasteiger partial charge in [-0.1, -0.05) is 26.0 Å². The van der Waals surface area contributed by atoms with E-state index in [1.165, 1.54) is 6.07 Å². The Morgan fingerprint density at radius 2 is 1.77 bits per heavy atom. The molecule has 5 heteroatoms. The summed E-state index contributed by atoms with van der Waals surface area (Å²) in [5.74, 6) is 0.0743. The summed E-state index contributed by atoms with van der Waals surface area (Å²) in [6.45, 7) is 4.35. The van der Waals surface area contributed by atoms with Crippen LogP contribution in [0, 0.1) is 5.41 Å². The van der Waals surface area contributed by atoms with Crippen LogP contribution in [-0.2, 0) is 6.54 Å². The molecule has 0 fully saturated rings. The van der Waals surface area contributed by atoms with Crippen LogP contribution in [-0.4, -0.2) is 16.0 Å². The summed E-state index contributed by atoms with van der Waals surface area (Å²) < 4.78 is 0. The second-order valence-electron chi connectivity index (χ2n) is 5.48. The molecule has 116 valence electrons. The number of hydrogen-bond donors (Lipinski definition) is 5. The van der Waals surface area contributed by atoms with E-state index in [9.17, 15) is 10.2 Å². The Kier molecular flexibility index (Phi) is 4.68. The molecule has 2 aromatic rings. The first-order chi connectivity index (χ1) is 10.4. The zero-order valence-electron chi connectivity index (χ0n) is 12.7. The normalized spacial score (nSPS) is 10.7. The number of aromatic hydroxyl groups is 2. The molecule has 0 heterocycles. The molecule has 22 heavy (non-hydrogen) atoms. The van der Waals surface area contributed by atoms with E-state index in [0.29, 0.717) is 17.7 Å². The van der Waals surface area contributed by atoms with Gasteiger partial charge in [-0.2, -0.15) is 0 Å². The third-order valence-electron chi connectivity index (χ3n) is 3.50. The van der Waals surface area contributed by atoms with Crippen LogP contribution in [0.2, 0.25) is 0 Å². The quantitative estimate of drug-likeness (QED) is 0.442. The SMILES string of the molecule is CC(C)c1cc(C(=N)Nc2ccc(CN)cc2)c(O)cc1O. The molecule has 0 spiro atoms. The van der Waals surface area contributed by atoms with Crippen LogP contribution in [0.4, 0.5) is 5.69 Å². The summed E-state index contributed by atoms with van der Waals surface area (Å²) in [4.78, 5) is 0. The smallest absolute Gasteiger partial charge is 0.133 e. The molecule has 6 N–H and O–H groups in total. The monoisotopic (exact) mass is 299 g/mol. The molecule has 0 aliphatic heterocycles. The van der Waals surface area contributed by atoms with Crippen molar-refractivity contribution >= 4 is 11.5 Å². The molecule has 0 aromatic heterocycles. The third-order valence-corrected chi connectivity index (χ3v) is 3.50. The van der Waals surface area contributed by atoms with Crippen molar-refractivity contribution in [2.24, 2.45) is 5.73 Å². The molecule has 2 rings (SSSR count). The van der Waals surface area contributed by atoms with Crippen LogP contribution in [0.25, 0.3) is 0 Å². The van der Waals surface area contributed by atoms with Gasteiger partial charge in [0.25, 0.3) is 0 Å². The number of phenols is 2. The number of nitrogens with two attached hydrogens (primary N) is 1. The minimum atomic E-state index is -0.127. The summed E-state index contributed by atoms with van der Waals surface area (Å²) in [5, 5.41) is 30.9. The lowest BCUT2D eigenvalue weighted by Crippen LogP contribution is -2.13. The fourth-order valence-corrected chi connectivity index (χ4v) is 2.19. The summed E-state index contributed by atoms with van der Waals surface area (Å²) in [6.07, 6.45) is 0. The highest BCUT2D eigenvalue weighted by molar-refractivity contribution is 6.08. The van der Waals surface area contributed by atoms with Crippen LogP contribution < -0.4 is 11.1 Å². The van der Waals surface area contributed by atoms with Crippen molar-refractivity contribution in [3.63, 3.8) is 0 Å². The van der Waals surface area contributed by atoms with Gasteiger partial charge in [-0.15, -0.1) is 0 Å². The van der Waals surface area contributed by atoms with Crippen LogP contribution in [0.3, 0.4) is 0 Å². The van der Waals surface area contributed by atoms with Crippen molar-refractivity contribution in [1.82, 2.24) is 0 Å². The lowest BCUT2D eigenvalue weighted by Gasteiger charge is -2.14. The van der Waals surface area contributed by atoms with Gasteiger partial charge in [0.1, 0.15) is 17.3 Å². The zero-order valence-corrected chi connectivity index (χ0v) is 12.7. The summed E-state index contributed by atoms with van der Waals surface area (Å²) in [7, 11) is 0. The number of anilines is 1. The number of nitrogens with one attached hydrogen (secondary N) is 2. The van der Waals surface area contributed by atoms with Crippen LogP contribution in [0.5, 0.6) is 11.5 Å². The molecule has 0 amide bonds. The Labute approximate surface area is 129 Å². The largest absolute Gasteiger partial charge is 0.508 e. The van der Waals surface area contributed by atoms with Gasteiger partial charge in [-0.05, 0) is 35.2 Å². The first kappa shape index (κ1) is 15.9. The molecule has 0 saturated heterocycles. The Balaban J connectivity index is 2.26. The average Bonchev–Trinajstić information content (AvgIpc) is 2.47. The molecule has 0 saturated carbocycles. The van der Waals surface area contributed by atoms with E-state index in [1.807, 2.05) is 38.1 Å². The molecule has 0 unspecified atom stereocenters. The lowest BCUT2D eigenvalue weighted by atomic mass is 9.98. The lowest BCUT2D eigenvalue weighted by molar-refractivity contribution is 0.443. The minimum Gasteiger partial charge on any atom is -0.508 e. The van der Waals surface area contributed by atoms with E-state index in [-0.39, 0.29) is 23.3 Å². The minimum absolute atomic E-state index is 0.0383. The molecule has 5 nitrogen and oxygen atoms in total. The van der Waals surface area contributed by atoms with Crippen LogP contribution >= 0.6 is 0 Å². The van der Waals surface area contributed by atoms with E-state index in [4.69, 9.17) is 11.1 Å². The molecule has 0 radical (unpaired) electrons. The highest BCUT2D eigenvalue weighted by Gasteiger charge is 2.14. The Morgan fingerprint density at radius 1 is 1.14 bits per heavy atom. The third kappa shape index (κ3) is 3.38. The summed E-state index contributed by atoms with van der Waals surface area (Å²) in [5.41, 5.74) is 8.34. The van der Waals surface area contributed by atoms with Crippen molar-refractivity contribution in [2.75, 3.05) is 5.32 Å². The van der Waals surface area contributed by atoms with Gasteiger partial charge in [-0.25, -0.2) is 0 Å². The standard InChI is InChI=1S/C17H21N3O2/c1-10(2)13-7-14(16(22)8-15(13)21)17(19)20-12-5-3-11(9-18)4-6-12/h3-8,10,21-22H,9,18H2,1-2H3,(H2,19,20). The van der Waals surface area contributed by atoms with Gasteiger partial charge in [0, 0.05) is 18.3 Å². The molecular formula is C17H21N3O2. The van der Waals surface area contributed by atoms with E-state index < -0.39 is 0 Å². The zero-order chi connectivity index (χ0) is 16.3. The van der Waals surface area contributed by atoms with Crippen molar-refractivity contribution in [3.05, 3.63) is 53.1 Å². The summed E-state index contributed by atoms with van der Waals surface area (Å²) in [6, 6.07) is 10.3. The van der Waals surface area contributed by atoms with Gasteiger partial charge in [0.15, 0.2) is 0 Å². The van der Waals surface area contributed by atoms with E-state index in [2.05, 4.69) is 5.32 Å². The molecule has 0 aliphatic rings. The predicted molar refractivity (Wildman–Crippen MR) is 88.6 cm³/mol. The Morgan fingerprint density at radius 3 is 2.32 bits per heavy atom. The maximum absolute atomic E-state index is 9.97. The van der Waals surface area contributed by atoms with Crippen molar-refractivity contribution in [1.29, 1.82) is 5.41 Å². The second-order valence-corrected chi connectivity index (χ2v) is 5.48. The van der Waals surface area contributed by atoms with Crippen molar-refractivity contribution in [2.45, 2.75) is 26.3 Å². The maximum Gasteiger partial charge on any atom is 0.133 e. The van der Waals surface area contributed by atoms with Gasteiger partial charge in [0.05, 0.1) is 5.56 Å². The molecular weight excluding hydrogens is 278 g/mol. The van der Waals surface area contributed by atoms with Crippen LogP contribution in [0.15, 0.2) is 36.4 Å². The number of phenolic OH excluding ortho intramolecular Hbond substituents is 2. The topological polar surface area (TPSA) is 102 Å². The van der Waals surface area contributed by atoms with E-state index in [1.54, 1.807) is 6.07 Å². The number of benzene rings is 2. The molecule has 0 aliphatic carbocycles. The first-order valence-electron chi connectivity index (χ1n) is 7.13. The fraction of sp³-hybridized carbons (Fsp3) is 0.235. The Bertz CT molecular complexity index is 679. The fourth-order valence-electron chi connectivity index (χ4n) is 2.19. The van der Waals surface area contributed by atoms with Gasteiger partial charge in [-0.3, -0.25) is 5.41 Å². The van der Waals surface area contributed by atoms with Gasteiger partial charge < -0.3 is 21.3 Å². The number of amidine groups is 1. The van der Waals surface area contributed by atoms with Crippen molar-refractivity contribution in [3.8, 4) is 11.5 Å². The van der Waals surface area contributed by atoms with Crippen LogP contribution in [0.1, 0.15) is 36.5 Å². The predicted octanol–water partition coefficient (Wildman–Crippen LogP) is 3.12. The average molecular weight is 299 g/mol. The van der Waals surface area contributed by atoms with Gasteiger partial charge >= 0.3 is 0 Å². The van der Waals surface area contributed by atoms with Crippen molar-refractivity contribution < 1.29 is 10.2 Å².